The van der Waals surface area contributed by atoms with Crippen LogP contribution in [0.1, 0.15) is 132 Å². The molecule has 0 N–H and O–H groups in total. The number of Topliss-reactive ketones (excluding diaryl/α,β-unsaturated/α-hetero) is 1. The van der Waals surface area contributed by atoms with Crippen molar-refractivity contribution < 1.29 is 53.8 Å². The van der Waals surface area contributed by atoms with E-state index in [0.717, 1.165) is 87.1 Å². The molecule has 8 rings (SSSR count). The number of carbonyl (C=O) groups is 3. The predicted octanol–water partition coefficient (Wildman–Crippen LogP) is 6.33. The topological polar surface area (TPSA) is 105 Å². The van der Waals surface area contributed by atoms with Crippen LogP contribution in [-0.4, -0.2) is 58.9 Å². The number of nitrogens with zero attached hydrogens (tertiary/aromatic N) is 3. The van der Waals surface area contributed by atoms with Crippen LogP contribution in [0.5, 0.6) is 0 Å². The smallest absolute Gasteiger partial charge is 0.550 e. The van der Waals surface area contributed by atoms with Gasteiger partial charge >= 0.3 is 35.5 Å². The first-order valence-electron chi connectivity index (χ1n) is 22.7. The van der Waals surface area contributed by atoms with Crippen molar-refractivity contribution in [3.63, 3.8) is 0 Å². The Kier molecular flexibility index (Phi) is 12.0. The van der Waals surface area contributed by atoms with Gasteiger partial charge in [0.15, 0.2) is 5.78 Å². The zero-order valence-electron chi connectivity index (χ0n) is 38.7. The average molecular weight is 851 g/mol. The van der Waals surface area contributed by atoms with E-state index in [1.807, 2.05) is 32.2 Å². The van der Waals surface area contributed by atoms with E-state index in [-0.39, 0.29) is 69.2 Å². The fraction of sp³-hybridized carbons (Fsp3) is 0.720. The number of ketones is 1. The van der Waals surface area contributed by atoms with Crippen molar-refractivity contribution in [1.29, 1.82) is 0 Å². The van der Waals surface area contributed by atoms with E-state index >= 15 is 0 Å². The summed E-state index contributed by atoms with van der Waals surface area (Å²) in [6.07, 6.45) is 10.8. The van der Waals surface area contributed by atoms with E-state index in [2.05, 4.69) is 84.2 Å². The van der Waals surface area contributed by atoms with Crippen LogP contribution in [0.2, 0.25) is 5.02 Å². The van der Waals surface area contributed by atoms with Crippen LogP contribution in [-0.2, 0) is 31.1 Å². The summed E-state index contributed by atoms with van der Waals surface area (Å²) in [5.74, 6) is 0.349. The van der Waals surface area contributed by atoms with Gasteiger partial charge in [-0.2, -0.15) is 0 Å². The number of ether oxygens (including phenoxy) is 1. The minimum absolute atomic E-state index is 0. The number of carbonyl (C=O) groups excluding carboxylic acids is 3. The Balaban J connectivity index is 0.00000544. The molecule has 0 aliphatic heterocycles. The third-order valence-electron chi connectivity index (χ3n) is 18.7. The van der Waals surface area contributed by atoms with Crippen molar-refractivity contribution in [1.82, 2.24) is 14.5 Å². The minimum atomic E-state index is -1.07. The number of imidazole rings is 1. The summed E-state index contributed by atoms with van der Waals surface area (Å²) in [7, 11) is 4.23. The van der Waals surface area contributed by atoms with Gasteiger partial charge in [0, 0.05) is 41.8 Å². The summed E-state index contributed by atoms with van der Waals surface area (Å²) in [4.78, 5) is 47.6. The van der Waals surface area contributed by atoms with E-state index in [9.17, 15) is 19.5 Å². The molecule has 5 fully saturated rings. The molecule has 1 aromatic carbocycles. The van der Waals surface area contributed by atoms with Crippen LogP contribution in [0.15, 0.2) is 41.6 Å². The third-order valence-corrected chi connectivity index (χ3v) is 18.9. The fourth-order valence-electron chi connectivity index (χ4n) is 15.2. The van der Waals surface area contributed by atoms with Gasteiger partial charge in [0.1, 0.15) is 11.9 Å². The van der Waals surface area contributed by atoms with Gasteiger partial charge in [-0.15, -0.1) is 0 Å². The largest absolute Gasteiger partial charge is 1.00 e. The Labute approximate surface area is 386 Å². The molecule has 0 amide bonds. The number of carboxylic acids is 1. The van der Waals surface area contributed by atoms with E-state index in [0.29, 0.717) is 41.4 Å². The monoisotopic (exact) mass is 849 g/mol. The number of aromatic nitrogens is 2. The molecule has 1 aromatic heterocycles. The zero-order chi connectivity index (χ0) is 42.8. The molecule has 0 bridgehead atoms. The summed E-state index contributed by atoms with van der Waals surface area (Å²) in [6.45, 7) is 22.3. The standard InChI is InChI=1S/C50H70ClN3O5.Na/c1-29(2)40-36(55)27-50(44-52-28-35(54(44)25-24-53(10)11)30-12-14-31(51)15-13-30)23-22-48(8)32(41(40)50)16-17-38-47(7)20-19-39(46(5,6)37(47)18-21-49(38,48)9)59-43(58)34-26-33(42(56)57)45(34,3)4;/h12-15,28-29,32-34,37-39H,16-27H2,1-11H3,(H,56,57);/q;+1/p-1/t32-,33+,34-,37+,38-,39+,47+,48-,49-,50-;/m1./s1. The molecule has 10 atom stereocenters. The number of esters is 1. The molecule has 6 aliphatic carbocycles. The maximum absolute atomic E-state index is 14.6. The van der Waals surface area contributed by atoms with Crippen LogP contribution in [0.4, 0.5) is 0 Å². The van der Waals surface area contributed by atoms with Crippen molar-refractivity contribution in [2.24, 2.45) is 62.6 Å². The van der Waals surface area contributed by atoms with Crippen LogP contribution < -0.4 is 34.7 Å². The molecule has 322 valence electrons. The van der Waals surface area contributed by atoms with Crippen molar-refractivity contribution in [2.45, 2.75) is 145 Å². The van der Waals surface area contributed by atoms with Crippen molar-refractivity contribution in [3.8, 4) is 11.3 Å². The molecule has 6 aliphatic rings. The Bertz CT molecular complexity index is 2070. The summed E-state index contributed by atoms with van der Waals surface area (Å²) >= 11 is 6.36. The molecule has 0 saturated heterocycles. The van der Waals surface area contributed by atoms with Gasteiger partial charge in [0.05, 0.1) is 23.2 Å². The number of rotatable bonds is 9. The average Bonchev–Trinajstić information content (AvgIpc) is 3.71. The Morgan fingerprint density at radius 1 is 0.900 bits per heavy atom. The number of benzene rings is 1. The van der Waals surface area contributed by atoms with Gasteiger partial charge in [-0.1, -0.05) is 86.0 Å². The number of allylic oxidation sites excluding steroid dienone is 2. The Morgan fingerprint density at radius 3 is 2.20 bits per heavy atom. The van der Waals surface area contributed by atoms with Gasteiger partial charge in [-0.25, -0.2) is 4.98 Å². The predicted molar refractivity (Wildman–Crippen MR) is 230 cm³/mol. The SMILES string of the molecule is CC(C)C1=C2[C@H]3CC[C@@H]4[C@@]5(C)CC[C@H](OC(=O)[C@H]6C[C@@H](C(=O)[O-])C6(C)C)C(C)(C)[C@@H]5CC[C@@]4(C)[C@]3(C)CC[C@@]2(c2ncc(-c3ccc(Cl)cc3)n2CCN(C)C)CC1=O.[Na+]. The number of carboxylic acid groups (broad SMARTS) is 1. The van der Waals surface area contributed by atoms with Gasteiger partial charge in [-0.05, 0) is 146 Å². The van der Waals surface area contributed by atoms with Gasteiger partial charge in [0.25, 0.3) is 0 Å². The number of halogens is 1. The fourth-order valence-corrected chi connectivity index (χ4v) is 15.3. The van der Waals surface area contributed by atoms with E-state index in [4.69, 9.17) is 21.3 Å². The van der Waals surface area contributed by atoms with E-state index in [1.54, 1.807) is 0 Å². The zero-order valence-corrected chi connectivity index (χ0v) is 41.4. The second-order valence-corrected chi connectivity index (χ2v) is 22.9. The van der Waals surface area contributed by atoms with Crippen molar-refractivity contribution in [2.75, 3.05) is 20.6 Å². The molecule has 1 heterocycles. The quantitative estimate of drug-likeness (QED) is 0.215. The molecule has 60 heavy (non-hydrogen) atoms. The number of fused-ring (bicyclic) bond motifs is 7. The number of hydrogen-bond donors (Lipinski definition) is 0. The second-order valence-electron chi connectivity index (χ2n) is 22.5. The van der Waals surface area contributed by atoms with Crippen molar-refractivity contribution in [3.05, 3.63) is 52.5 Å². The molecule has 5 saturated carbocycles. The molecular weight excluding hydrogens is 781 g/mol. The van der Waals surface area contributed by atoms with Crippen LogP contribution in [0.3, 0.4) is 0 Å². The summed E-state index contributed by atoms with van der Waals surface area (Å²) in [5.41, 5.74) is 3.49. The van der Waals surface area contributed by atoms with Crippen LogP contribution >= 0.6 is 11.6 Å². The van der Waals surface area contributed by atoms with Crippen molar-refractivity contribution >= 4 is 29.3 Å². The van der Waals surface area contributed by atoms with Crippen LogP contribution in [0.25, 0.3) is 11.3 Å². The first-order valence-corrected chi connectivity index (χ1v) is 23.1. The normalized spacial score (nSPS) is 37.7. The second kappa shape index (κ2) is 15.6. The minimum Gasteiger partial charge on any atom is -0.550 e. The molecule has 0 radical (unpaired) electrons. The first kappa shape index (κ1) is 46.0. The Morgan fingerprint density at radius 2 is 1.58 bits per heavy atom. The van der Waals surface area contributed by atoms with E-state index < -0.39 is 28.6 Å². The first-order chi connectivity index (χ1) is 27.5. The molecule has 0 unspecified atom stereocenters. The van der Waals surface area contributed by atoms with Gasteiger partial charge in [0.2, 0.25) is 0 Å². The molecule has 2 aromatic rings. The molecule has 8 nitrogen and oxygen atoms in total. The maximum atomic E-state index is 14.6. The molecular formula is C50H69ClN3NaO5. The van der Waals surface area contributed by atoms with Gasteiger partial charge in [-0.3, -0.25) is 9.59 Å². The molecule has 10 heteroatoms. The van der Waals surface area contributed by atoms with E-state index in [1.165, 1.54) is 5.57 Å². The molecule has 0 spiro atoms. The summed E-state index contributed by atoms with van der Waals surface area (Å²) in [5, 5.41) is 12.4. The van der Waals surface area contributed by atoms with Gasteiger partial charge < -0.3 is 24.1 Å². The number of aliphatic carboxylic acids is 1. The number of likely N-dealkylation sites (N-methyl/N-ethyl adjacent to an activating group) is 1. The number of hydrogen-bond acceptors (Lipinski definition) is 7. The van der Waals surface area contributed by atoms with Crippen LogP contribution in [0, 0.1) is 62.6 Å². The summed E-state index contributed by atoms with van der Waals surface area (Å²) in [6, 6.07) is 8.07. The third kappa shape index (κ3) is 6.63. The maximum Gasteiger partial charge on any atom is 1.00 e. The Hall–Kier alpha value is -1.97. The summed E-state index contributed by atoms with van der Waals surface area (Å²) < 4.78 is 8.88.